The first-order valence-electron chi connectivity index (χ1n) is 7.49. The Balaban J connectivity index is 1.99. The van der Waals surface area contributed by atoms with Gasteiger partial charge in [0.2, 0.25) is 0 Å². The van der Waals surface area contributed by atoms with Gasteiger partial charge in [-0.25, -0.2) is 13.4 Å². The molecule has 9 heteroatoms. The molecule has 2 aromatic rings. The van der Waals surface area contributed by atoms with E-state index in [1.54, 1.807) is 18.7 Å². The summed E-state index contributed by atoms with van der Waals surface area (Å²) in [4.78, 5) is 4.00. The minimum atomic E-state index is -3.63. The van der Waals surface area contributed by atoms with Crippen LogP contribution in [0.2, 0.25) is 0 Å². The molecule has 1 aliphatic rings. The molecule has 0 radical (unpaired) electrons. The van der Waals surface area contributed by atoms with Crippen LogP contribution in [0.3, 0.4) is 0 Å². The van der Waals surface area contributed by atoms with Gasteiger partial charge in [-0.1, -0.05) is 0 Å². The number of ether oxygens (including phenoxy) is 1. The van der Waals surface area contributed by atoms with Crippen LogP contribution in [0.1, 0.15) is 24.1 Å². The molecule has 1 aliphatic heterocycles. The standard InChI is InChI=1S/C14H21N5O3S/c1-4-19-13-7-18(6-11(9-22-3)12(13)5-16-19)23(20,21)14-8-17(2)10-15-14/h5,8,10-11H,4,6-7,9H2,1-3H3/t11-/m0/s1. The predicted octanol–water partition coefficient (Wildman–Crippen LogP) is 0.571. The van der Waals surface area contributed by atoms with Gasteiger partial charge in [0.25, 0.3) is 10.0 Å². The van der Waals surface area contributed by atoms with Gasteiger partial charge in [-0.05, 0) is 6.92 Å². The molecule has 3 heterocycles. The molecule has 3 rings (SSSR count). The second-order valence-corrected chi connectivity index (χ2v) is 7.57. The summed E-state index contributed by atoms with van der Waals surface area (Å²) in [6.07, 6.45) is 4.84. The summed E-state index contributed by atoms with van der Waals surface area (Å²) in [5, 5.41) is 4.43. The van der Waals surface area contributed by atoms with Crippen molar-refractivity contribution in [3.63, 3.8) is 0 Å². The van der Waals surface area contributed by atoms with Gasteiger partial charge in [0.1, 0.15) is 0 Å². The number of methoxy groups -OCH3 is 1. The van der Waals surface area contributed by atoms with E-state index in [1.807, 2.05) is 17.8 Å². The molecule has 0 unspecified atom stereocenters. The quantitative estimate of drug-likeness (QED) is 0.795. The van der Waals surface area contributed by atoms with Crippen LogP contribution >= 0.6 is 0 Å². The van der Waals surface area contributed by atoms with Crippen LogP contribution in [0.5, 0.6) is 0 Å². The molecule has 0 N–H and O–H groups in total. The van der Waals surface area contributed by atoms with Gasteiger partial charge in [0.15, 0.2) is 5.03 Å². The van der Waals surface area contributed by atoms with Crippen LogP contribution in [0.25, 0.3) is 0 Å². The number of hydrogen-bond acceptors (Lipinski definition) is 5. The minimum Gasteiger partial charge on any atom is -0.384 e. The molecule has 0 spiro atoms. The zero-order chi connectivity index (χ0) is 16.6. The number of aromatic nitrogens is 4. The van der Waals surface area contributed by atoms with Crippen molar-refractivity contribution < 1.29 is 13.2 Å². The van der Waals surface area contributed by atoms with Crippen LogP contribution in [-0.4, -0.2) is 52.3 Å². The molecule has 8 nitrogen and oxygen atoms in total. The fraction of sp³-hybridized carbons (Fsp3) is 0.571. The Morgan fingerprint density at radius 1 is 1.43 bits per heavy atom. The molecular formula is C14H21N5O3S. The lowest BCUT2D eigenvalue weighted by atomic mass is 9.97. The highest BCUT2D eigenvalue weighted by Gasteiger charge is 2.36. The Bertz CT molecular complexity index is 795. The third-order valence-corrected chi connectivity index (χ3v) is 5.82. The molecule has 0 saturated heterocycles. The van der Waals surface area contributed by atoms with E-state index in [0.717, 1.165) is 11.3 Å². The summed E-state index contributed by atoms with van der Waals surface area (Å²) in [7, 11) is -0.262. The Kier molecular flexibility index (Phi) is 4.26. The van der Waals surface area contributed by atoms with Crippen molar-refractivity contribution in [3.05, 3.63) is 30.0 Å². The van der Waals surface area contributed by atoms with Gasteiger partial charge in [0.05, 0.1) is 31.4 Å². The maximum atomic E-state index is 12.9. The van der Waals surface area contributed by atoms with Crippen molar-refractivity contribution in [2.24, 2.45) is 7.05 Å². The summed E-state index contributed by atoms with van der Waals surface area (Å²) in [5.74, 6) is -0.0254. The molecule has 0 amide bonds. The van der Waals surface area contributed by atoms with Crippen LogP contribution in [0, 0.1) is 0 Å². The Hall–Kier alpha value is -1.71. The molecule has 0 saturated carbocycles. The normalized spacial score (nSPS) is 19.0. The van der Waals surface area contributed by atoms with E-state index in [-0.39, 0.29) is 10.9 Å². The van der Waals surface area contributed by atoms with Gasteiger partial charge in [-0.3, -0.25) is 4.68 Å². The monoisotopic (exact) mass is 339 g/mol. The fourth-order valence-corrected chi connectivity index (χ4v) is 4.38. The summed E-state index contributed by atoms with van der Waals surface area (Å²) < 4.78 is 35.9. The maximum Gasteiger partial charge on any atom is 0.262 e. The van der Waals surface area contributed by atoms with Crippen molar-refractivity contribution in [2.45, 2.75) is 31.0 Å². The highest BCUT2D eigenvalue weighted by molar-refractivity contribution is 7.89. The number of hydrogen-bond donors (Lipinski definition) is 0. The molecule has 1 atom stereocenters. The highest BCUT2D eigenvalue weighted by Crippen LogP contribution is 2.31. The lowest BCUT2D eigenvalue weighted by Crippen LogP contribution is -2.40. The molecular weight excluding hydrogens is 318 g/mol. The third-order valence-electron chi connectivity index (χ3n) is 4.12. The van der Waals surface area contributed by atoms with Crippen molar-refractivity contribution in [1.29, 1.82) is 0 Å². The second kappa shape index (κ2) is 6.06. The summed E-state index contributed by atoms with van der Waals surface area (Å²) in [6, 6.07) is 0. The zero-order valence-corrected chi connectivity index (χ0v) is 14.3. The number of fused-ring (bicyclic) bond motifs is 1. The zero-order valence-electron chi connectivity index (χ0n) is 13.5. The average Bonchev–Trinajstić information content (AvgIpc) is 3.13. The van der Waals surface area contributed by atoms with Crippen molar-refractivity contribution >= 4 is 10.0 Å². The number of imidazole rings is 1. The molecule has 0 aromatic carbocycles. The van der Waals surface area contributed by atoms with E-state index in [1.165, 1.54) is 16.8 Å². The minimum absolute atomic E-state index is 0.0254. The van der Waals surface area contributed by atoms with Gasteiger partial charge >= 0.3 is 0 Å². The van der Waals surface area contributed by atoms with Gasteiger partial charge in [0, 0.05) is 44.9 Å². The molecule has 0 fully saturated rings. The number of nitrogens with zero attached hydrogens (tertiary/aromatic N) is 5. The van der Waals surface area contributed by atoms with Crippen LogP contribution in [0.15, 0.2) is 23.7 Å². The summed E-state index contributed by atoms with van der Waals surface area (Å²) in [6.45, 7) is 3.82. The van der Waals surface area contributed by atoms with Crippen LogP contribution < -0.4 is 0 Å². The van der Waals surface area contributed by atoms with E-state index in [4.69, 9.17) is 4.74 Å². The topological polar surface area (TPSA) is 82.3 Å². The van der Waals surface area contributed by atoms with E-state index in [2.05, 4.69) is 10.1 Å². The molecule has 0 bridgehead atoms. The van der Waals surface area contributed by atoms with E-state index in [0.29, 0.717) is 26.2 Å². The van der Waals surface area contributed by atoms with Crippen molar-refractivity contribution in [2.75, 3.05) is 20.3 Å². The lowest BCUT2D eigenvalue weighted by molar-refractivity contribution is 0.162. The first-order chi connectivity index (χ1) is 11.0. The van der Waals surface area contributed by atoms with Crippen molar-refractivity contribution in [1.82, 2.24) is 23.6 Å². The van der Waals surface area contributed by atoms with Gasteiger partial charge in [-0.15, -0.1) is 0 Å². The summed E-state index contributed by atoms with van der Waals surface area (Å²) in [5.41, 5.74) is 2.00. The van der Waals surface area contributed by atoms with Crippen LogP contribution in [-0.2, 0) is 34.9 Å². The van der Waals surface area contributed by atoms with E-state index in [9.17, 15) is 8.42 Å². The Labute approximate surface area is 135 Å². The summed E-state index contributed by atoms with van der Waals surface area (Å²) >= 11 is 0. The van der Waals surface area contributed by atoms with Crippen LogP contribution in [0.4, 0.5) is 0 Å². The van der Waals surface area contributed by atoms with Crippen molar-refractivity contribution in [3.8, 4) is 0 Å². The SMILES string of the molecule is CCn1ncc2c1CN(S(=O)(=O)c1cn(C)cn1)C[C@H]2COC. The molecule has 0 aliphatic carbocycles. The predicted molar refractivity (Wildman–Crippen MR) is 83.3 cm³/mol. The Morgan fingerprint density at radius 2 is 2.22 bits per heavy atom. The largest absolute Gasteiger partial charge is 0.384 e. The van der Waals surface area contributed by atoms with Gasteiger partial charge in [-0.2, -0.15) is 9.40 Å². The third kappa shape index (κ3) is 2.79. The highest BCUT2D eigenvalue weighted by atomic mass is 32.2. The average molecular weight is 339 g/mol. The maximum absolute atomic E-state index is 12.9. The van der Waals surface area contributed by atoms with E-state index >= 15 is 0 Å². The lowest BCUT2D eigenvalue weighted by Gasteiger charge is -2.31. The first-order valence-corrected chi connectivity index (χ1v) is 8.93. The van der Waals surface area contributed by atoms with E-state index < -0.39 is 10.0 Å². The second-order valence-electron chi connectivity index (χ2n) is 5.69. The smallest absolute Gasteiger partial charge is 0.262 e. The molecule has 23 heavy (non-hydrogen) atoms. The molecule has 126 valence electrons. The first kappa shape index (κ1) is 16.2. The number of sulfonamides is 1. The number of rotatable bonds is 5. The number of aryl methyl sites for hydroxylation is 2. The molecule has 2 aromatic heterocycles. The Morgan fingerprint density at radius 3 is 2.83 bits per heavy atom. The van der Waals surface area contributed by atoms with Gasteiger partial charge < -0.3 is 9.30 Å². The fourth-order valence-electron chi connectivity index (χ4n) is 2.97.